The lowest BCUT2D eigenvalue weighted by molar-refractivity contribution is -0.116. The van der Waals surface area contributed by atoms with Crippen LogP contribution in [-0.2, 0) is 4.79 Å². The summed E-state index contributed by atoms with van der Waals surface area (Å²) >= 11 is 1.53. The molecule has 1 aliphatic heterocycles. The van der Waals surface area contributed by atoms with E-state index in [0.717, 1.165) is 18.0 Å². The molecule has 0 saturated carbocycles. The lowest BCUT2D eigenvalue weighted by atomic mass is 10.0. The third-order valence-electron chi connectivity index (χ3n) is 3.74. The van der Waals surface area contributed by atoms with Crippen LogP contribution >= 0.6 is 11.3 Å². The summed E-state index contributed by atoms with van der Waals surface area (Å²) in [5, 5.41) is 5.81. The SMILES string of the molecule is CC(C)C[C@H](CNC(=O)/C=C/c1nccs1)N1CCCC1. The van der Waals surface area contributed by atoms with E-state index in [4.69, 9.17) is 0 Å². The number of thiazole rings is 1. The first-order valence-electron chi connectivity index (χ1n) is 7.74. The number of nitrogens with zero attached hydrogens (tertiary/aromatic N) is 2. The minimum Gasteiger partial charge on any atom is -0.351 e. The molecule has 0 aliphatic carbocycles. The number of likely N-dealkylation sites (tertiary alicyclic amines) is 1. The summed E-state index contributed by atoms with van der Waals surface area (Å²) in [5.74, 6) is 0.622. The van der Waals surface area contributed by atoms with Crippen LogP contribution in [0.4, 0.5) is 0 Å². The van der Waals surface area contributed by atoms with Gasteiger partial charge in [-0.3, -0.25) is 9.69 Å². The van der Waals surface area contributed by atoms with Crippen molar-refractivity contribution < 1.29 is 4.79 Å². The predicted octanol–water partition coefficient (Wildman–Crippen LogP) is 2.78. The van der Waals surface area contributed by atoms with Crippen molar-refractivity contribution in [3.63, 3.8) is 0 Å². The Balaban J connectivity index is 1.81. The van der Waals surface area contributed by atoms with Gasteiger partial charge in [0.1, 0.15) is 5.01 Å². The van der Waals surface area contributed by atoms with Crippen molar-refractivity contribution in [2.45, 2.75) is 39.2 Å². The molecule has 2 rings (SSSR count). The summed E-state index contributed by atoms with van der Waals surface area (Å²) in [6, 6.07) is 0.463. The number of carbonyl (C=O) groups is 1. The van der Waals surface area contributed by atoms with Crippen molar-refractivity contribution in [2.75, 3.05) is 19.6 Å². The topological polar surface area (TPSA) is 45.2 Å². The maximum atomic E-state index is 11.9. The first-order chi connectivity index (χ1) is 10.1. The van der Waals surface area contributed by atoms with Crippen molar-refractivity contribution in [3.8, 4) is 0 Å². The molecule has 2 heterocycles. The van der Waals surface area contributed by atoms with Gasteiger partial charge in [-0.25, -0.2) is 4.98 Å². The molecule has 1 aromatic rings. The number of aromatic nitrogens is 1. The van der Waals surface area contributed by atoms with Gasteiger partial charge >= 0.3 is 0 Å². The molecule has 0 radical (unpaired) electrons. The van der Waals surface area contributed by atoms with E-state index in [1.54, 1.807) is 18.3 Å². The molecule has 0 unspecified atom stereocenters. The molecule has 1 N–H and O–H groups in total. The van der Waals surface area contributed by atoms with Crippen LogP contribution in [0.2, 0.25) is 0 Å². The Hall–Kier alpha value is -1.20. The lowest BCUT2D eigenvalue weighted by Gasteiger charge is -2.29. The third kappa shape index (κ3) is 5.59. The van der Waals surface area contributed by atoms with Crippen LogP contribution in [0.15, 0.2) is 17.7 Å². The highest BCUT2D eigenvalue weighted by atomic mass is 32.1. The van der Waals surface area contributed by atoms with E-state index in [1.165, 1.54) is 37.3 Å². The number of carbonyl (C=O) groups excluding carboxylic acids is 1. The summed E-state index contributed by atoms with van der Waals surface area (Å²) in [5.41, 5.74) is 0. The molecule has 21 heavy (non-hydrogen) atoms. The molecule has 1 aromatic heterocycles. The van der Waals surface area contributed by atoms with Crippen LogP contribution in [-0.4, -0.2) is 41.5 Å². The standard InChI is InChI=1S/C16H25N3OS/c1-13(2)11-14(19-8-3-4-9-19)12-18-15(20)5-6-16-17-7-10-21-16/h5-7,10,13-14H,3-4,8-9,11-12H2,1-2H3,(H,18,20)/b6-5+/t14-/m1/s1. The van der Waals surface area contributed by atoms with Crippen molar-refractivity contribution in [2.24, 2.45) is 5.92 Å². The first kappa shape index (κ1) is 16.2. The maximum Gasteiger partial charge on any atom is 0.244 e. The van der Waals surface area contributed by atoms with E-state index < -0.39 is 0 Å². The van der Waals surface area contributed by atoms with E-state index in [1.807, 2.05) is 5.38 Å². The van der Waals surface area contributed by atoms with Gasteiger partial charge in [0.2, 0.25) is 5.91 Å². The maximum absolute atomic E-state index is 11.9. The van der Waals surface area contributed by atoms with Gasteiger partial charge in [0.25, 0.3) is 0 Å². The van der Waals surface area contributed by atoms with Gasteiger partial charge in [-0.05, 0) is 44.3 Å². The van der Waals surface area contributed by atoms with Crippen LogP contribution in [0.1, 0.15) is 38.1 Å². The summed E-state index contributed by atoms with van der Waals surface area (Å²) < 4.78 is 0. The zero-order chi connectivity index (χ0) is 15.1. The molecule has 1 aliphatic rings. The average Bonchev–Trinajstić information content (AvgIpc) is 3.12. The van der Waals surface area contributed by atoms with E-state index in [0.29, 0.717) is 12.0 Å². The van der Waals surface area contributed by atoms with E-state index in [2.05, 4.69) is 29.0 Å². The number of hydrogen-bond acceptors (Lipinski definition) is 4. The van der Waals surface area contributed by atoms with Crippen LogP contribution in [0.5, 0.6) is 0 Å². The number of amides is 1. The molecule has 1 saturated heterocycles. The molecule has 0 aromatic carbocycles. The fourth-order valence-corrected chi connectivity index (χ4v) is 3.28. The van der Waals surface area contributed by atoms with Crippen LogP contribution in [0, 0.1) is 5.92 Å². The van der Waals surface area contributed by atoms with E-state index >= 15 is 0 Å². The van der Waals surface area contributed by atoms with Crippen LogP contribution in [0.25, 0.3) is 6.08 Å². The quantitative estimate of drug-likeness (QED) is 0.788. The summed E-state index contributed by atoms with van der Waals surface area (Å²) in [7, 11) is 0. The highest BCUT2D eigenvalue weighted by molar-refractivity contribution is 7.10. The van der Waals surface area contributed by atoms with Gasteiger partial charge in [0.05, 0.1) is 0 Å². The number of rotatable bonds is 7. The molecule has 0 spiro atoms. The zero-order valence-corrected chi connectivity index (χ0v) is 13.7. The fraction of sp³-hybridized carbons (Fsp3) is 0.625. The Labute approximate surface area is 131 Å². The third-order valence-corrected chi connectivity index (χ3v) is 4.48. The normalized spacial score (nSPS) is 17.7. The molecular weight excluding hydrogens is 282 g/mol. The Morgan fingerprint density at radius 2 is 2.24 bits per heavy atom. The van der Waals surface area contributed by atoms with Crippen molar-refractivity contribution in [3.05, 3.63) is 22.7 Å². The number of hydrogen-bond donors (Lipinski definition) is 1. The highest BCUT2D eigenvalue weighted by Crippen LogP contribution is 2.17. The second-order valence-corrected chi connectivity index (χ2v) is 6.90. The summed E-state index contributed by atoms with van der Waals surface area (Å²) in [6.07, 6.45) is 8.80. The van der Waals surface area contributed by atoms with Crippen molar-refractivity contribution in [1.29, 1.82) is 0 Å². The van der Waals surface area contributed by atoms with Gasteiger partial charge in [-0.2, -0.15) is 0 Å². The molecule has 1 fully saturated rings. The Bertz CT molecular complexity index is 450. The average molecular weight is 307 g/mol. The second kappa shape index (κ2) is 8.29. The molecule has 1 amide bonds. The van der Waals surface area contributed by atoms with Crippen molar-refractivity contribution >= 4 is 23.3 Å². The molecule has 0 bridgehead atoms. The van der Waals surface area contributed by atoms with Crippen LogP contribution in [0.3, 0.4) is 0 Å². The van der Waals surface area contributed by atoms with E-state index in [-0.39, 0.29) is 5.91 Å². The van der Waals surface area contributed by atoms with Crippen molar-refractivity contribution in [1.82, 2.24) is 15.2 Å². The molecule has 5 heteroatoms. The zero-order valence-electron chi connectivity index (χ0n) is 12.9. The molecule has 4 nitrogen and oxygen atoms in total. The Kier molecular flexibility index (Phi) is 6.39. The Morgan fingerprint density at radius 1 is 1.48 bits per heavy atom. The highest BCUT2D eigenvalue weighted by Gasteiger charge is 2.22. The minimum atomic E-state index is -0.0295. The summed E-state index contributed by atoms with van der Waals surface area (Å²) in [6.45, 7) is 7.56. The van der Waals surface area contributed by atoms with Gasteiger partial charge < -0.3 is 5.32 Å². The fourth-order valence-electron chi connectivity index (χ4n) is 2.75. The van der Waals surface area contributed by atoms with Gasteiger partial charge in [-0.15, -0.1) is 11.3 Å². The van der Waals surface area contributed by atoms with E-state index in [9.17, 15) is 4.79 Å². The summed E-state index contributed by atoms with van der Waals surface area (Å²) in [4.78, 5) is 18.6. The monoisotopic (exact) mass is 307 g/mol. The van der Waals surface area contributed by atoms with Crippen LogP contribution < -0.4 is 5.32 Å². The minimum absolute atomic E-state index is 0.0295. The van der Waals surface area contributed by atoms with Gasteiger partial charge in [0.15, 0.2) is 0 Å². The smallest absolute Gasteiger partial charge is 0.244 e. The second-order valence-electron chi connectivity index (χ2n) is 5.98. The van der Waals surface area contributed by atoms with Gasteiger partial charge in [-0.1, -0.05) is 13.8 Å². The van der Waals surface area contributed by atoms with Gasteiger partial charge in [0, 0.05) is 30.2 Å². The molecule has 116 valence electrons. The lowest BCUT2D eigenvalue weighted by Crippen LogP contribution is -2.43. The predicted molar refractivity (Wildman–Crippen MR) is 88.2 cm³/mol. The largest absolute Gasteiger partial charge is 0.351 e. The Morgan fingerprint density at radius 3 is 2.86 bits per heavy atom. The molecular formula is C16H25N3OS. The number of nitrogens with one attached hydrogen (secondary N) is 1. The first-order valence-corrected chi connectivity index (χ1v) is 8.62. The molecule has 1 atom stereocenters.